The van der Waals surface area contributed by atoms with Gasteiger partial charge in [-0.25, -0.2) is 4.57 Å². The van der Waals surface area contributed by atoms with Gasteiger partial charge in [0.25, 0.3) is 0 Å². The van der Waals surface area contributed by atoms with Crippen LogP contribution in [0.1, 0.15) is 12.8 Å². The second kappa shape index (κ2) is 1.96. The maximum Gasteiger partial charge on any atom is 0.328 e. The molecule has 0 heterocycles. The molecule has 0 aromatic rings. The highest BCUT2D eigenvalue weighted by atomic mass is 31.1. The molecular formula is C5H7O2P. The van der Waals surface area contributed by atoms with Crippen molar-refractivity contribution in [3.8, 4) is 0 Å². The van der Waals surface area contributed by atoms with E-state index in [9.17, 15) is 4.57 Å². The van der Waals surface area contributed by atoms with Crippen LogP contribution >= 0.6 is 8.69 Å². The molecule has 0 aromatic carbocycles. The zero-order valence-corrected chi connectivity index (χ0v) is 5.36. The summed E-state index contributed by atoms with van der Waals surface area (Å²) in [6.45, 7) is 3.55. The van der Waals surface area contributed by atoms with Crippen molar-refractivity contribution in [2.75, 3.05) is 0 Å². The molecule has 0 unspecified atom stereocenters. The molecule has 3 heteroatoms. The Morgan fingerprint density at radius 3 is 2.50 bits per heavy atom. The van der Waals surface area contributed by atoms with E-state index in [4.69, 9.17) is 4.52 Å². The van der Waals surface area contributed by atoms with Gasteiger partial charge in [0.1, 0.15) is 5.60 Å². The Balaban J connectivity index is 2.40. The van der Waals surface area contributed by atoms with Crippen LogP contribution in [-0.4, -0.2) is 5.60 Å². The van der Waals surface area contributed by atoms with E-state index >= 15 is 0 Å². The molecule has 2 nitrogen and oxygen atoms in total. The van der Waals surface area contributed by atoms with E-state index in [-0.39, 0.29) is 14.3 Å². The monoisotopic (exact) mass is 130 g/mol. The lowest BCUT2D eigenvalue weighted by Crippen LogP contribution is -2.00. The third kappa shape index (κ3) is 0.960. The molecular weight excluding hydrogens is 123 g/mol. The van der Waals surface area contributed by atoms with Crippen molar-refractivity contribution in [3.63, 3.8) is 0 Å². The van der Waals surface area contributed by atoms with Gasteiger partial charge < -0.3 is 0 Å². The molecule has 1 aliphatic rings. The quantitative estimate of drug-likeness (QED) is 0.431. The Bertz CT molecular complexity index is 118. The SMILES string of the molecule is C=CC1(OP=O)CC1. The lowest BCUT2D eigenvalue weighted by molar-refractivity contribution is 0.255. The van der Waals surface area contributed by atoms with E-state index in [1.807, 2.05) is 0 Å². The fraction of sp³-hybridized carbons (Fsp3) is 0.600. The van der Waals surface area contributed by atoms with Crippen molar-refractivity contribution in [2.45, 2.75) is 18.4 Å². The Hall–Kier alpha value is -0.200. The average Bonchev–Trinajstić information content (AvgIpc) is 2.50. The number of hydrogen-bond donors (Lipinski definition) is 0. The minimum Gasteiger partial charge on any atom is -0.284 e. The van der Waals surface area contributed by atoms with Crippen molar-refractivity contribution >= 4 is 8.69 Å². The van der Waals surface area contributed by atoms with Crippen LogP contribution in [0.3, 0.4) is 0 Å². The van der Waals surface area contributed by atoms with Crippen molar-refractivity contribution in [3.05, 3.63) is 12.7 Å². The topological polar surface area (TPSA) is 26.3 Å². The van der Waals surface area contributed by atoms with Crippen LogP contribution in [0.25, 0.3) is 0 Å². The van der Waals surface area contributed by atoms with Gasteiger partial charge in [0, 0.05) is 0 Å². The van der Waals surface area contributed by atoms with Crippen molar-refractivity contribution < 1.29 is 9.09 Å². The molecule has 44 valence electrons. The highest BCUT2D eigenvalue weighted by Crippen LogP contribution is 2.42. The summed E-state index contributed by atoms with van der Waals surface area (Å²) in [6.07, 6.45) is 3.63. The van der Waals surface area contributed by atoms with Gasteiger partial charge in [0.05, 0.1) is 0 Å². The summed E-state index contributed by atoms with van der Waals surface area (Å²) in [7, 11) is -0.234. The smallest absolute Gasteiger partial charge is 0.284 e. The minimum absolute atomic E-state index is 0.219. The van der Waals surface area contributed by atoms with Crippen LogP contribution in [0.2, 0.25) is 0 Å². The number of rotatable bonds is 3. The average molecular weight is 130 g/mol. The second-order valence-electron chi connectivity index (χ2n) is 1.93. The molecule has 8 heavy (non-hydrogen) atoms. The molecule has 0 radical (unpaired) electrons. The zero-order chi connectivity index (χ0) is 6.04. The predicted molar refractivity (Wildman–Crippen MR) is 30.9 cm³/mol. The fourth-order valence-corrected chi connectivity index (χ4v) is 0.936. The highest BCUT2D eigenvalue weighted by molar-refractivity contribution is 7.17. The van der Waals surface area contributed by atoms with Gasteiger partial charge in [-0.1, -0.05) is 6.08 Å². The molecule has 0 spiro atoms. The second-order valence-corrected chi connectivity index (χ2v) is 2.27. The van der Waals surface area contributed by atoms with Crippen LogP contribution in [0, 0.1) is 0 Å². The molecule has 1 saturated carbocycles. The molecule has 1 aliphatic carbocycles. The first-order chi connectivity index (χ1) is 3.83. The number of hydrogen-bond acceptors (Lipinski definition) is 2. The fourth-order valence-electron chi connectivity index (χ4n) is 0.530. The largest absolute Gasteiger partial charge is 0.328 e. The van der Waals surface area contributed by atoms with Crippen LogP contribution < -0.4 is 0 Å². The molecule has 1 rings (SSSR count). The lowest BCUT2D eigenvalue weighted by atomic mass is 10.3. The van der Waals surface area contributed by atoms with E-state index in [1.165, 1.54) is 0 Å². The van der Waals surface area contributed by atoms with Crippen molar-refractivity contribution in [1.29, 1.82) is 0 Å². The van der Waals surface area contributed by atoms with Gasteiger partial charge >= 0.3 is 8.69 Å². The maximum atomic E-state index is 9.85. The Morgan fingerprint density at radius 2 is 2.38 bits per heavy atom. The Kier molecular flexibility index (Phi) is 1.45. The highest BCUT2D eigenvalue weighted by Gasteiger charge is 2.41. The normalized spacial score (nSPS) is 23.0. The van der Waals surface area contributed by atoms with Gasteiger partial charge in [-0.3, -0.25) is 4.52 Å². The van der Waals surface area contributed by atoms with Gasteiger partial charge in [-0.15, -0.1) is 6.58 Å². The van der Waals surface area contributed by atoms with E-state index in [0.29, 0.717) is 0 Å². The van der Waals surface area contributed by atoms with E-state index in [2.05, 4.69) is 6.58 Å². The minimum atomic E-state index is -0.234. The molecule has 0 amide bonds. The molecule has 0 aliphatic heterocycles. The van der Waals surface area contributed by atoms with Crippen LogP contribution in [0.4, 0.5) is 0 Å². The molecule has 0 N–H and O–H groups in total. The summed E-state index contributed by atoms with van der Waals surface area (Å²) in [5.41, 5.74) is -0.219. The first-order valence-electron chi connectivity index (χ1n) is 2.47. The van der Waals surface area contributed by atoms with E-state index < -0.39 is 0 Å². The zero-order valence-electron chi connectivity index (χ0n) is 4.46. The summed E-state index contributed by atoms with van der Waals surface area (Å²) in [6, 6.07) is 0. The van der Waals surface area contributed by atoms with Gasteiger partial charge in [-0.05, 0) is 12.8 Å². The summed E-state index contributed by atoms with van der Waals surface area (Å²) >= 11 is 0. The standard InChI is InChI=1S/C5H7O2P/c1-2-5(3-4-5)7-8-6/h2H,1,3-4H2. The Labute approximate surface area is 49.8 Å². The maximum absolute atomic E-state index is 9.85. The summed E-state index contributed by atoms with van der Waals surface area (Å²) in [4.78, 5) is 0. The molecule has 0 aromatic heterocycles. The first-order valence-corrected chi connectivity index (χ1v) is 3.20. The third-order valence-corrected chi connectivity index (χ3v) is 1.77. The molecule has 0 atom stereocenters. The summed E-state index contributed by atoms with van der Waals surface area (Å²) in [5.74, 6) is 0. The predicted octanol–water partition coefficient (Wildman–Crippen LogP) is 1.93. The molecule has 0 saturated heterocycles. The van der Waals surface area contributed by atoms with Gasteiger partial charge in [0.2, 0.25) is 0 Å². The summed E-state index contributed by atoms with van der Waals surface area (Å²) < 4.78 is 14.6. The van der Waals surface area contributed by atoms with Gasteiger partial charge in [-0.2, -0.15) is 0 Å². The molecule has 0 bridgehead atoms. The van der Waals surface area contributed by atoms with E-state index in [0.717, 1.165) is 12.8 Å². The van der Waals surface area contributed by atoms with Crippen LogP contribution in [0.5, 0.6) is 0 Å². The Morgan fingerprint density at radius 1 is 1.75 bits per heavy atom. The molecule has 1 fully saturated rings. The van der Waals surface area contributed by atoms with Crippen molar-refractivity contribution in [2.24, 2.45) is 0 Å². The van der Waals surface area contributed by atoms with Crippen molar-refractivity contribution in [1.82, 2.24) is 0 Å². The van der Waals surface area contributed by atoms with Crippen LogP contribution in [-0.2, 0) is 9.09 Å². The summed E-state index contributed by atoms with van der Waals surface area (Å²) in [5, 5.41) is 0. The third-order valence-electron chi connectivity index (χ3n) is 1.33. The van der Waals surface area contributed by atoms with E-state index in [1.54, 1.807) is 6.08 Å². The first kappa shape index (κ1) is 5.93. The van der Waals surface area contributed by atoms with Gasteiger partial charge in [0.15, 0.2) is 0 Å². The van der Waals surface area contributed by atoms with Crippen LogP contribution in [0.15, 0.2) is 12.7 Å². The lowest BCUT2D eigenvalue weighted by Gasteiger charge is -1.99.